The van der Waals surface area contributed by atoms with Crippen LogP contribution in [0.4, 0.5) is 0 Å². The standard InChI is InChI=1S/C29H39N3O4/c1-5-6-12-22(28(35)32(4)20(3)21-10-8-7-9-11-21)31-27(34)26-19(2)25-23(30-26)17-29(18-24(25)33)13-15-36-16-14-29/h7-11,20,22,30H,5-6,12-18H2,1-4H3,(H,31,34)/t20-,22-/m0/s1. The number of hydrogen-bond donors (Lipinski definition) is 2. The van der Waals surface area contributed by atoms with Crippen LogP contribution in [0.5, 0.6) is 0 Å². The van der Waals surface area contributed by atoms with Crippen molar-refractivity contribution in [2.75, 3.05) is 20.3 Å². The van der Waals surface area contributed by atoms with Crippen molar-refractivity contribution in [3.05, 3.63) is 58.4 Å². The molecular weight excluding hydrogens is 454 g/mol. The lowest BCUT2D eigenvalue weighted by atomic mass is 9.68. The molecule has 1 aliphatic carbocycles. The zero-order valence-electron chi connectivity index (χ0n) is 22.0. The number of Topliss-reactive ketones (excluding diaryl/α,β-unsaturated/α-hetero) is 1. The van der Waals surface area contributed by atoms with E-state index in [2.05, 4.69) is 17.2 Å². The molecule has 2 heterocycles. The lowest BCUT2D eigenvalue weighted by molar-refractivity contribution is -0.134. The molecule has 0 bridgehead atoms. The van der Waals surface area contributed by atoms with Crippen molar-refractivity contribution in [1.29, 1.82) is 0 Å². The Morgan fingerprint density at radius 1 is 1.17 bits per heavy atom. The Hall–Kier alpha value is -2.93. The van der Waals surface area contributed by atoms with Gasteiger partial charge in [0.1, 0.15) is 11.7 Å². The molecule has 1 saturated heterocycles. The average molecular weight is 494 g/mol. The van der Waals surface area contributed by atoms with Crippen molar-refractivity contribution in [3.63, 3.8) is 0 Å². The summed E-state index contributed by atoms with van der Waals surface area (Å²) in [4.78, 5) is 45.1. The van der Waals surface area contributed by atoms with Crippen molar-refractivity contribution in [1.82, 2.24) is 15.2 Å². The second-order valence-electron chi connectivity index (χ2n) is 10.6. The first-order valence-corrected chi connectivity index (χ1v) is 13.2. The summed E-state index contributed by atoms with van der Waals surface area (Å²) < 4.78 is 5.53. The number of likely N-dealkylation sites (N-methyl/N-ethyl adjacent to an activating group) is 1. The Morgan fingerprint density at radius 3 is 2.53 bits per heavy atom. The lowest BCUT2D eigenvalue weighted by Gasteiger charge is -2.39. The molecule has 0 saturated carbocycles. The second-order valence-corrected chi connectivity index (χ2v) is 10.6. The van der Waals surface area contributed by atoms with E-state index < -0.39 is 6.04 Å². The Morgan fingerprint density at radius 2 is 1.86 bits per heavy atom. The number of unbranched alkanes of at least 4 members (excludes halogenated alkanes) is 1. The van der Waals surface area contributed by atoms with Gasteiger partial charge in [-0.05, 0) is 56.1 Å². The summed E-state index contributed by atoms with van der Waals surface area (Å²) in [5.74, 6) is -0.341. The number of fused-ring (bicyclic) bond motifs is 1. The highest BCUT2D eigenvalue weighted by molar-refractivity contribution is 6.05. The molecule has 2 N–H and O–H groups in total. The van der Waals surface area contributed by atoms with E-state index in [1.165, 1.54) is 0 Å². The molecule has 7 heteroatoms. The molecule has 1 aromatic carbocycles. The summed E-state index contributed by atoms with van der Waals surface area (Å²) in [7, 11) is 1.79. The second kappa shape index (κ2) is 11.0. The van der Waals surface area contributed by atoms with E-state index >= 15 is 0 Å². The highest BCUT2D eigenvalue weighted by Crippen LogP contribution is 2.44. The molecule has 0 unspecified atom stereocenters. The molecule has 194 valence electrons. The van der Waals surface area contributed by atoms with Crippen LogP contribution in [0.15, 0.2) is 30.3 Å². The summed E-state index contributed by atoms with van der Waals surface area (Å²) in [6, 6.07) is 9.13. The average Bonchev–Trinajstić information content (AvgIpc) is 3.22. The van der Waals surface area contributed by atoms with Gasteiger partial charge < -0.3 is 19.9 Å². The van der Waals surface area contributed by atoms with Crippen LogP contribution in [0.3, 0.4) is 0 Å². The zero-order chi connectivity index (χ0) is 25.9. The van der Waals surface area contributed by atoms with Crippen LogP contribution in [-0.2, 0) is 16.0 Å². The number of rotatable bonds is 8. The molecule has 2 atom stereocenters. The number of carbonyl (C=O) groups is 3. The molecule has 2 amide bonds. The van der Waals surface area contributed by atoms with Gasteiger partial charge in [0.15, 0.2) is 5.78 Å². The molecule has 1 aromatic heterocycles. The predicted octanol–water partition coefficient (Wildman–Crippen LogP) is 4.76. The number of nitrogens with zero attached hydrogens (tertiary/aromatic N) is 1. The third-order valence-electron chi connectivity index (χ3n) is 8.13. The smallest absolute Gasteiger partial charge is 0.268 e. The molecule has 4 rings (SSSR count). The van der Waals surface area contributed by atoms with E-state index in [0.717, 1.165) is 43.4 Å². The summed E-state index contributed by atoms with van der Waals surface area (Å²) in [6.07, 6.45) is 5.29. The molecule has 2 aliphatic rings. The highest BCUT2D eigenvalue weighted by atomic mass is 16.5. The van der Waals surface area contributed by atoms with Gasteiger partial charge in [-0.1, -0.05) is 50.1 Å². The number of ketones is 1. The lowest BCUT2D eigenvalue weighted by Crippen LogP contribution is -2.48. The Kier molecular flexibility index (Phi) is 7.98. The van der Waals surface area contributed by atoms with Gasteiger partial charge in [0.2, 0.25) is 5.91 Å². The third-order valence-corrected chi connectivity index (χ3v) is 8.13. The fraction of sp³-hybridized carbons (Fsp3) is 0.552. The van der Waals surface area contributed by atoms with Gasteiger partial charge in [0.05, 0.1) is 6.04 Å². The van der Waals surface area contributed by atoms with Gasteiger partial charge >= 0.3 is 0 Å². The first kappa shape index (κ1) is 26.1. The van der Waals surface area contributed by atoms with Crippen LogP contribution in [0.2, 0.25) is 0 Å². The van der Waals surface area contributed by atoms with Gasteiger partial charge in [0, 0.05) is 37.9 Å². The van der Waals surface area contributed by atoms with E-state index in [-0.39, 0.29) is 29.1 Å². The van der Waals surface area contributed by atoms with Crippen molar-refractivity contribution in [2.24, 2.45) is 5.41 Å². The van der Waals surface area contributed by atoms with Crippen molar-refractivity contribution in [3.8, 4) is 0 Å². The van der Waals surface area contributed by atoms with E-state index in [0.29, 0.717) is 42.9 Å². The normalized spacial score (nSPS) is 18.4. The summed E-state index contributed by atoms with van der Waals surface area (Å²) in [6.45, 7) is 7.24. The number of hydrogen-bond acceptors (Lipinski definition) is 4. The fourth-order valence-corrected chi connectivity index (χ4v) is 5.71. The van der Waals surface area contributed by atoms with E-state index in [1.807, 2.05) is 44.2 Å². The molecule has 1 aliphatic heterocycles. The molecule has 0 radical (unpaired) electrons. The Bertz CT molecular complexity index is 1100. The van der Waals surface area contributed by atoms with Crippen molar-refractivity contribution >= 4 is 17.6 Å². The highest BCUT2D eigenvalue weighted by Gasteiger charge is 2.42. The maximum absolute atomic E-state index is 13.5. The number of aromatic nitrogens is 1. The van der Waals surface area contributed by atoms with Crippen molar-refractivity contribution < 1.29 is 19.1 Å². The molecule has 7 nitrogen and oxygen atoms in total. The molecule has 2 aromatic rings. The Balaban J connectivity index is 1.53. The number of carbonyl (C=O) groups excluding carboxylic acids is 3. The molecule has 36 heavy (non-hydrogen) atoms. The van der Waals surface area contributed by atoms with Crippen LogP contribution >= 0.6 is 0 Å². The van der Waals surface area contributed by atoms with E-state index in [4.69, 9.17) is 4.74 Å². The van der Waals surface area contributed by atoms with Crippen molar-refractivity contribution in [2.45, 2.75) is 77.8 Å². The van der Waals surface area contributed by atoms with Crippen LogP contribution in [0, 0.1) is 12.3 Å². The number of nitrogens with one attached hydrogen (secondary N) is 2. The number of ether oxygens (including phenoxy) is 1. The summed E-state index contributed by atoms with van der Waals surface area (Å²) in [5.41, 5.74) is 3.55. The topological polar surface area (TPSA) is 91.5 Å². The van der Waals surface area contributed by atoms with Crippen LogP contribution in [0.25, 0.3) is 0 Å². The Labute approximate surface area is 214 Å². The van der Waals surface area contributed by atoms with Gasteiger partial charge in [0.25, 0.3) is 5.91 Å². The summed E-state index contributed by atoms with van der Waals surface area (Å²) in [5, 5.41) is 3.00. The minimum Gasteiger partial charge on any atom is -0.381 e. The minimum absolute atomic E-state index is 0.0801. The quantitative estimate of drug-likeness (QED) is 0.555. The number of benzene rings is 1. The number of H-pyrrole nitrogens is 1. The molecular formula is C29H39N3O4. The van der Waals surface area contributed by atoms with Gasteiger partial charge in [-0.15, -0.1) is 0 Å². The predicted molar refractivity (Wildman–Crippen MR) is 139 cm³/mol. The third kappa shape index (κ3) is 5.26. The first-order chi connectivity index (χ1) is 17.3. The first-order valence-electron chi connectivity index (χ1n) is 13.2. The van der Waals surface area contributed by atoms with Gasteiger partial charge in [-0.3, -0.25) is 14.4 Å². The van der Waals surface area contributed by atoms with E-state index in [1.54, 1.807) is 11.9 Å². The fourth-order valence-electron chi connectivity index (χ4n) is 5.71. The van der Waals surface area contributed by atoms with Crippen LogP contribution in [-0.4, -0.2) is 53.8 Å². The zero-order valence-corrected chi connectivity index (χ0v) is 22.0. The van der Waals surface area contributed by atoms with Crippen LogP contribution in [0.1, 0.15) is 96.1 Å². The maximum Gasteiger partial charge on any atom is 0.268 e. The molecule has 1 fully saturated rings. The maximum atomic E-state index is 13.5. The number of amides is 2. The largest absolute Gasteiger partial charge is 0.381 e. The van der Waals surface area contributed by atoms with Gasteiger partial charge in [-0.25, -0.2) is 0 Å². The van der Waals surface area contributed by atoms with Gasteiger partial charge in [-0.2, -0.15) is 0 Å². The van der Waals surface area contributed by atoms with E-state index in [9.17, 15) is 14.4 Å². The SMILES string of the molecule is CCCC[C@H](NC(=O)c1[nH]c2c(c1C)C(=O)CC1(CCOCC1)C2)C(=O)N(C)[C@@H](C)c1ccccc1. The monoisotopic (exact) mass is 493 g/mol. The number of aromatic amines is 1. The minimum atomic E-state index is -0.633. The summed E-state index contributed by atoms with van der Waals surface area (Å²) >= 11 is 0. The molecule has 1 spiro atoms. The van der Waals surface area contributed by atoms with Crippen LogP contribution < -0.4 is 5.32 Å².